The number of morpholine rings is 1. The summed E-state index contributed by atoms with van der Waals surface area (Å²) < 4.78 is 10.6. The van der Waals surface area contributed by atoms with Gasteiger partial charge in [-0.2, -0.15) is 4.98 Å². The molecule has 0 atom stereocenters. The predicted molar refractivity (Wildman–Crippen MR) is 68.5 cm³/mol. The maximum Gasteiger partial charge on any atom is 0.266 e. The van der Waals surface area contributed by atoms with Crippen LogP contribution in [-0.4, -0.2) is 41.4 Å². The molecule has 1 fully saturated rings. The van der Waals surface area contributed by atoms with Crippen LogP contribution in [0.2, 0.25) is 0 Å². The Morgan fingerprint density at radius 1 is 1.32 bits per heavy atom. The van der Waals surface area contributed by atoms with Crippen molar-refractivity contribution in [3.8, 4) is 11.5 Å². The lowest BCUT2D eigenvalue weighted by Crippen LogP contribution is -2.36. The highest BCUT2D eigenvalue weighted by Crippen LogP contribution is 2.20. The highest BCUT2D eigenvalue weighted by Gasteiger charge is 2.17. The van der Waals surface area contributed by atoms with Gasteiger partial charge in [0.15, 0.2) is 0 Å². The molecule has 1 aliphatic rings. The van der Waals surface area contributed by atoms with Crippen molar-refractivity contribution in [3.05, 3.63) is 24.0 Å². The standard InChI is InChI=1S/C12H15N5O2/c13-8-10-7-9(1-2-14-10)11-15-12(16-19-11)17-3-5-18-6-4-17/h1-2,7H,3-6,8,13H2. The summed E-state index contributed by atoms with van der Waals surface area (Å²) in [6.45, 7) is 3.33. The van der Waals surface area contributed by atoms with Gasteiger partial charge in [-0.1, -0.05) is 0 Å². The second-order valence-corrected chi connectivity index (χ2v) is 4.24. The van der Waals surface area contributed by atoms with Crippen molar-refractivity contribution in [1.82, 2.24) is 15.1 Å². The molecule has 7 heteroatoms. The number of hydrogen-bond donors (Lipinski definition) is 1. The van der Waals surface area contributed by atoms with Gasteiger partial charge in [0, 0.05) is 31.4 Å². The lowest BCUT2D eigenvalue weighted by atomic mass is 10.2. The summed E-state index contributed by atoms with van der Waals surface area (Å²) in [6.07, 6.45) is 1.69. The molecule has 0 aliphatic carbocycles. The molecule has 0 radical (unpaired) electrons. The Hall–Kier alpha value is -1.99. The second-order valence-electron chi connectivity index (χ2n) is 4.24. The normalized spacial score (nSPS) is 15.7. The van der Waals surface area contributed by atoms with Crippen LogP contribution >= 0.6 is 0 Å². The molecule has 0 unspecified atom stereocenters. The molecule has 2 aromatic rings. The lowest BCUT2D eigenvalue weighted by Gasteiger charge is -2.24. The van der Waals surface area contributed by atoms with Gasteiger partial charge in [-0.05, 0) is 17.3 Å². The van der Waals surface area contributed by atoms with Crippen LogP contribution in [0.1, 0.15) is 5.69 Å². The minimum Gasteiger partial charge on any atom is -0.378 e. The zero-order valence-corrected chi connectivity index (χ0v) is 10.5. The molecule has 100 valence electrons. The number of aromatic nitrogens is 3. The van der Waals surface area contributed by atoms with E-state index in [0.29, 0.717) is 31.6 Å². The van der Waals surface area contributed by atoms with E-state index in [4.69, 9.17) is 15.0 Å². The zero-order valence-electron chi connectivity index (χ0n) is 10.5. The Kier molecular flexibility index (Phi) is 3.39. The number of ether oxygens (including phenoxy) is 1. The van der Waals surface area contributed by atoms with Crippen LogP contribution in [0, 0.1) is 0 Å². The van der Waals surface area contributed by atoms with Crippen LogP contribution in [0.15, 0.2) is 22.9 Å². The molecule has 7 nitrogen and oxygen atoms in total. The number of nitrogens with two attached hydrogens (primary N) is 1. The van der Waals surface area contributed by atoms with Crippen LogP contribution in [-0.2, 0) is 11.3 Å². The summed E-state index contributed by atoms with van der Waals surface area (Å²) in [6, 6.07) is 3.69. The number of rotatable bonds is 3. The van der Waals surface area contributed by atoms with E-state index < -0.39 is 0 Å². The Bertz CT molecular complexity index is 551. The quantitative estimate of drug-likeness (QED) is 0.856. The fourth-order valence-electron chi connectivity index (χ4n) is 1.95. The number of pyridine rings is 1. The summed E-state index contributed by atoms with van der Waals surface area (Å²) in [4.78, 5) is 10.6. The highest BCUT2D eigenvalue weighted by atomic mass is 16.5. The first-order valence-electron chi connectivity index (χ1n) is 6.18. The molecule has 1 saturated heterocycles. The topological polar surface area (TPSA) is 90.3 Å². The molecule has 2 N–H and O–H groups in total. The molecule has 1 aliphatic heterocycles. The Balaban J connectivity index is 1.83. The first-order chi connectivity index (χ1) is 9.36. The Morgan fingerprint density at radius 3 is 2.95 bits per heavy atom. The lowest BCUT2D eigenvalue weighted by molar-refractivity contribution is 0.121. The third-order valence-electron chi connectivity index (χ3n) is 2.98. The number of hydrogen-bond acceptors (Lipinski definition) is 7. The molecule has 0 saturated carbocycles. The SMILES string of the molecule is NCc1cc(-c2nc(N3CCOCC3)no2)ccn1. The van der Waals surface area contributed by atoms with Crippen molar-refractivity contribution < 1.29 is 9.26 Å². The fraction of sp³-hybridized carbons (Fsp3) is 0.417. The molecule has 0 aromatic carbocycles. The van der Waals surface area contributed by atoms with Crippen molar-refractivity contribution >= 4 is 5.95 Å². The van der Waals surface area contributed by atoms with E-state index >= 15 is 0 Å². The minimum atomic E-state index is 0.387. The van der Waals surface area contributed by atoms with Gasteiger partial charge < -0.3 is 19.9 Å². The average molecular weight is 261 g/mol. The van der Waals surface area contributed by atoms with Crippen LogP contribution in [0.25, 0.3) is 11.5 Å². The highest BCUT2D eigenvalue weighted by molar-refractivity contribution is 5.54. The maximum atomic E-state index is 5.57. The third kappa shape index (κ3) is 2.56. The van der Waals surface area contributed by atoms with Gasteiger partial charge in [-0.25, -0.2) is 0 Å². The molecule has 19 heavy (non-hydrogen) atoms. The minimum absolute atomic E-state index is 0.387. The van der Waals surface area contributed by atoms with Crippen molar-refractivity contribution in [3.63, 3.8) is 0 Å². The van der Waals surface area contributed by atoms with E-state index in [1.807, 2.05) is 17.0 Å². The van der Waals surface area contributed by atoms with Gasteiger partial charge in [-0.3, -0.25) is 4.98 Å². The molecule has 3 rings (SSSR count). The summed E-state index contributed by atoms with van der Waals surface area (Å²) in [5, 5.41) is 4.00. The van der Waals surface area contributed by atoms with Crippen molar-refractivity contribution in [2.75, 3.05) is 31.2 Å². The average Bonchev–Trinajstić information content (AvgIpc) is 2.98. The molecular formula is C12H15N5O2. The van der Waals surface area contributed by atoms with Crippen molar-refractivity contribution in [2.24, 2.45) is 5.73 Å². The summed E-state index contributed by atoms with van der Waals surface area (Å²) in [7, 11) is 0. The van der Waals surface area contributed by atoms with E-state index in [2.05, 4.69) is 15.1 Å². The summed E-state index contributed by atoms with van der Waals surface area (Å²) in [5.41, 5.74) is 7.20. The van der Waals surface area contributed by atoms with Gasteiger partial charge in [0.25, 0.3) is 11.8 Å². The number of anilines is 1. The molecular weight excluding hydrogens is 246 g/mol. The summed E-state index contributed by atoms with van der Waals surface area (Å²) in [5.74, 6) is 1.09. The van der Waals surface area contributed by atoms with Crippen molar-refractivity contribution in [2.45, 2.75) is 6.54 Å². The van der Waals surface area contributed by atoms with Gasteiger partial charge in [-0.15, -0.1) is 0 Å². The zero-order chi connectivity index (χ0) is 13.1. The van der Waals surface area contributed by atoms with Gasteiger partial charge in [0.2, 0.25) is 0 Å². The van der Waals surface area contributed by atoms with Crippen LogP contribution in [0.3, 0.4) is 0 Å². The van der Waals surface area contributed by atoms with Gasteiger partial charge >= 0.3 is 0 Å². The van der Waals surface area contributed by atoms with Crippen LogP contribution < -0.4 is 10.6 Å². The largest absolute Gasteiger partial charge is 0.378 e. The molecule has 0 bridgehead atoms. The second kappa shape index (κ2) is 5.33. The Morgan fingerprint density at radius 2 is 2.16 bits per heavy atom. The van der Waals surface area contributed by atoms with Crippen LogP contribution in [0.5, 0.6) is 0 Å². The molecule has 3 heterocycles. The fourth-order valence-corrected chi connectivity index (χ4v) is 1.95. The van der Waals surface area contributed by atoms with E-state index in [1.165, 1.54) is 0 Å². The first-order valence-corrected chi connectivity index (χ1v) is 6.18. The third-order valence-corrected chi connectivity index (χ3v) is 2.98. The van der Waals surface area contributed by atoms with E-state index in [-0.39, 0.29) is 0 Å². The monoisotopic (exact) mass is 261 g/mol. The van der Waals surface area contributed by atoms with Crippen molar-refractivity contribution in [1.29, 1.82) is 0 Å². The number of nitrogens with zero attached hydrogens (tertiary/aromatic N) is 4. The molecule has 0 amide bonds. The predicted octanol–water partition coefficient (Wildman–Crippen LogP) is 0.427. The van der Waals surface area contributed by atoms with E-state index in [9.17, 15) is 0 Å². The van der Waals surface area contributed by atoms with Crippen LogP contribution in [0.4, 0.5) is 5.95 Å². The van der Waals surface area contributed by atoms with Gasteiger partial charge in [0.1, 0.15) is 0 Å². The van der Waals surface area contributed by atoms with E-state index in [0.717, 1.165) is 24.3 Å². The first kappa shape index (κ1) is 12.1. The molecule has 2 aromatic heterocycles. The van der Waals surface area contributed by atoms with Gasteiger partial charge in [0.05, 0.1) is 18.9 Å². The smallest absolute Gasteiger partial charge is 0.266 e. The maximum absolute atomic E-state index is 5.57. The molecule has 0 spiro atoms. The Labute approximate surface area is 110 Å². The summed E-state index contributed by atoms with van der Waals surface area (Å²) >= 11 is 0. The van der Waals surface area contributed by atoms with E-state index in [1.54, 1.807) is 6.20 Å².